The number of para-hydroxylation sites is 1. The van der Waals surface area contributed by atoms with Crippen LogP contribution in [0.15, 0.2) is 54.6 Å². The molecule has 0 fully saturated rings. The van der Waals surface area contributed by atoms with Crippen LogP contribution in [0.3, 0.4) is 0 Å². The standard InChI is InChI=1S/C21H24N4/c1-4-24(5-2)17-12-10-16(11-13-17)21-22-19-9-7-6-8-18(19)20-14-15(3)23-25(20)21/h6-14,21-22H,4-5H2,1-3H3/t21-/m0/s1. The maximum absolute atomic E-state index is 4.74. The predicted octanol–water partition coefficient (Wildman–Crippen LogP) is 4.68. The molecule has 0 amide bonds. The molecule has 1 aromatic heterocycles. The van der Waals surface area contributed by atoms with E-state index < -0.39 is 0 Å². The maximum atomic E-state index is 4.74. The van der Waals surface area contributed by atoms with Gasteiger partial charge in [-0.3, -0.25) is 0 Å². The number of benzene rings is 2. The number of aryl methyl sites for hydroxylation is 1. The Kier molecular flexibility index (Phi) is 3.96. The van der Waals surface area contributed by atoms with Gasteiger partial charge in [-0.05, 0) is 50.6 Å². The molecule has 0 aliphatic carbocycles. The molecule has 128 valence electrons. The highest BCUT2D eigenvalue weighted by Gasteiger charge is 2.26. The Bertz CT molecular complexity index is 875. The highest BCUT2D eigenvalue weighted by molar-refractivity contribution is 5.78. The van der Waals surface area contributed by atoms with Gasteiger partial charge in [0.05, 0.1) is 11.4 Å². The van der Waals surface area contributed by atoms with Crippen molar-refractivity contribution < 1.29 is 0 Å². The topological polar surface area (TPSA) is 33.1 Å². The molecule has 1 N–H and O–H groups in total. The number of hydrogen-bond acceptors (Lipinski definition) is 3. The van der Waals surface area contributed by atoms with Crippen LogP contribution in [-0.4, -0.2) is 22.9 Å². The summed E-state index contributed by atoms with van der Waals surface area (Å²) in [7, 11) is 0. The normalized spacial score (nSPS) is 15.2. The van der Waals surface area contributed by atoms with Gasteiger partial charge in [0.2, 0.25) is 0 Å². The third-order valence-corrected chi connectivity index (χ3v) is 4.94. The molecule has 0 saturated carbocycles. The fourth-order valence-electron chi connectivity index (χ4n) is 3.64. The van der Waals surface area contributed by atoms with Crippen LogP contribution in [0.2, 0.25) is 0 Å². The summed E-state index contributed by atoms with van der Waals surface area (Å²) in [5.74, 6) is 0. The lowest BCUT2D eigenvalue weighted by molar-refractivity contribution is 0.571. The minimum Gasteiger partial charge on any atom is -0.372 e. The number of rotatable bonds is 4. The van der Waals surface area contributed by atoms with E-state index >= 15 is 0 Å². The van der Waals surface area contributed by atoms with Crippen LogP contribution >= 0.6 is 0 Å². The third kappa shape index (κ3) is 2.68. The molecule has 0 unspecified atom stereocenters. The number of aromatic nitrogens is 2. The highest BCUT2D eigenvalue weighted by Crippen LogP contribution is 2.38. The summed E-state index contributed by atoms with van der Waals surface area (Å²) < 4.78 is 2.10. The second-order valence-electron chi connectivity index (χ2n) is 6.47. The molecule has 0 bridgehead atoms. The summed E-state index contributed by atoms with van der Waals surface area (Å²) in [6.07, 6.45) is 0.0179. The van der Waals surface area contributed by atoms with Crippen molar-refractivity contribution in [2.45, 2.75) is 26.9 Å². The van der Waals surface area contributed by atoms with Crippen molar-refractivity contribution in [2.75, 3.05) is 23.3 Å². The Morgan fingerprint density at radius 1 is 1.04 bits per heavy atom. The third-order valence-electron chi connectivity index (χ3n) is 4.94. The van der Waals surface area contributed by atoms with Crippen LogP contribution in [-0.2, 0) is 0 Å². The van der Waals surface area contributed by atoms with Crippen molar-refractivity contribution in [2.24, 2.45) is 0 Å². The number of anilines is 2. The first-order valence-corrected chi connectivity index (χ1v) is 8.98. The van der Waals surface area contributed by atoms with Crippen molar-refractivity contribution in [1.82, 2.24) is 9.78 Å². The SMILES string of the molecule is CCN(CC)c1ccc([C@H]2Nc3ccccc3-c3cc(C)nn32)cc1. The van der Waals surface area contributed by atoms with E-state index in [9.17, 15) is 0 Å². The number of nitrogens with zero attached hydrogens (tertiary/aromatic N) is 3. The van der Waals surface area contributed by atoms with E-state index in [4.69, 9.17) is 5.10 Å². The van der Waals surface area contributed by atoms with Crippen LogP contribution in [0, 0.1) is 6.92 Å². The molecule has 1 atom stereocenters. The van der Waals surface area contributed by atoms with Crippen molar-refractivity contribution in [3.8, 4) is 11.3 Å². The lowest BCUT2D eigenvalue weighted by Gasteiger charge is -2.29. The largest absolute Gasteiger partial charge is 0.372 e. The van der Waals surface area contributed by atoms with E-state index in [1.54, 1.807) is 0 Å². The van der Waals surface area contributed by atoms with Crippen LogP contribution in [0.25, 0.3) is 11.3 Å². The van der Waals surface area contributed by atoms with E-state index in [0.29, 0.717) is 0 Å². The predicted molar refractivity (Wildman–Crippen MR) is 104 cm³/mol. The average molecular weight is 332 g/mol. The van der Waals surface area contributed by atoms with E-state index in [0.717, 1.165) is 24.5 Å². The molecule has 0 saturated heterocycles. The fraction of sp³-hybridized carbons (Fsp3) is 0.286. The molecule has 2 aromatic carbocycles. The van der Waals surface area contributed by atoms with Gasteiger partial charge in [0.25, 0.3) is 0 Å². The minimum atomic E-state index is 0.0179. The molecule has 1 aliphatic heterocycles. The number of fused-ring (bicyclic) bond motifs is 3. The molecule has 3 aromatic rings. The lowest BCUT2D eigenvalue weighted by Crippen LogP contribution is -2.26. The van der Waals surface area contributed by atoms with Gasteiger partial charge in [0, 0.05) is 30.0 Å². The summed E-state index contributed by atoms with van der Waals surface area (Å²) in [5.41, 5.74) is 7.06. The summed E-state index contributed by atoms with van der Waals surface area (Å²) in [5, 5.41) is 8.39. The Labute approximate surface area is 149 Å². The summed E-state index contributed by atoms with van der Waals surface area (Å²) in [4.78, 5) is 2.36. The molecule has 25 heavy (non-hydrogen) atoms. The molecule has 4 nitrogen and oxygen atoms in total. The van der Waals surface area contributed by atoms with Gasteiger partial charge in [-0.2, -0.15) is 5.10 Å². The van der Waals surface area contributed by atoms with Crippen LogP contribution in [0.4, 0.5) is 11.4 Å². The molecule has 4 heteroatoms. The average Bonchev–Trinajstić information content (AvgIpc) is 3.04. The molecular weight excluding hydrogens is 308 g/mol. The first kappa shape index (κ1) is 15.8. The quantitative estimate of drug-likeness (QED) is 0.753. The van der Waals surface area contributed by atoms with Crippen LogP contribution < -0.4 is 10.2 Å². The van der Waals surface area contributed by atoms with Crippen molar-refractivity contribution >= 4 is 11.4 Å². The molecule has 0 radical (unpaired) electrons. The van der Waals surface area contributed by atoms with Gasteiger partial charge in [0.15, 0.2) is 0 Å². The zero-order chi connectivity index (χ0) is 17.4. The van der Waals surface area contributed by atoms with Gasteiger partial charge in [-0.15, -0.1) is 0 Å². The second-order valence-corrected chi connectivity index (χ2v) is 6.47. The fourth-order valence-corrected chi connectivity index (χ4v) is 3.64. The molecule has 0 spiro atoms. The minimum absolute atomic E-state index is 0.0179. The van der Waals surface area contributed by atoms with Gasteiger partial charge in [-0.25, -0.2) is 4.68 Å². The Morgan fingerprint density at radius 2 is 1.76 bits per heavy atom. The van der Waals surface area contributed by atoms with Crippen molar-refractivity contribution in [3.05, 3.63) is 65.9 Å². The van der Waals surface area contributed by atoms with E-state index in [1.807, 2.05) is 0 Å². The van der Waals surface area contributed by atoms with Crippen LogP contribution in [0.1, 0.15) is 31.3 Å². The Morgan fingerprint density at radius 3 is 2.48 bits per heavy atom. The zero-order valence-electron chi connectivity index (χ0n) is 15.0. The Balaban J connectivity index is 1.74. The summed E-state index contributed by atoms with van der Waals surface area (Å²) in [6.45, 7) is 8.47. The zero-order valence-corrected chi connectivity index (χ0v) is 15.0. The van der Waals surface area contributed by atoms with Gasteiger partial charge in [0.1, 0.15) is 6.17 Å². The smallest absolute Gasteiger partial charge is 0.147 e. The first-order chi connectivity index (χ1) is 12.2. The molecule has 2 heterocycles. The van der Waals surface area contributed by atoms with Crippen molar-refractivity contribution in [1.29, 1.82) is 0 Å². The maximum Gasteiger partial charge on any atom is 0.147 e. The van der Waals surface area contributed by atoms with Gasteiger partial charge >= 0.3 is 0 Å². The molecule has 1 aliphatic rings. The van der Waals surface area contributed by atoms with E-state index in [2.05, 4.69) is 90.3 Å². The highest BCUT2D eigenvalue weighted by atomic mass is 15.4. The molecular formula is C21H24N4. The molecule has 4 rings (SSSR count). The van der Waals surface area contributed by atoms with Gasteiger partial charge < -0.3 is 10.2 Å². The second kappa shape index (κ2) is 6.28. The summed E-state index contributed by atoms with van der Waals surface area (Å²) in [6, 6.07) is 19.4. The van der Waals surface area contributed by atoms with Gasteiger partial charge in [-0.1, -0.05) is 30.3 Å². The van der Waals surface area contributed by atoms with Crippen molar-refractivity contribution in [3.63, 3.8) is 0 Å². The monoisotopic (exact) mass is 332 g/mol. The number of nitrogens with one attached hydrogen (secondary N) is 1. The lowest BCUT2D eigenvalue weighted by atomic mass is 10.0. The Hall–Kier alpha value is -2.75. The first-order valence-electron chi connectivity index (χ1n) is 8.98. The number of hydrogen-bond donors (Lipinski definition) is 1. The summed E-state index contributed by atoms with van der Waals surface area (Å²) >= 11 is 0. The van der Waals surface area contributed by atoms with E-state index in [-0.39, 0.29) is 6.17 Å². The van der Waals surface area contributed by atoms with Crippen LogP contribution in [0.5, 0.6) is 0 Å². The van der Waals surface area contributed by atoms with E-state index in [1.165, 1.54) is 22.5 Å².